The van der Waals surface area contributed by atoms with Crippen molar-refractivity contribution in [3.63, 3.8) is 0 Å². The number of nitrogens with one attached hydrogen (secondary N) is 1. The van der Waals surface area contributed by atoms with Crippen LogP contribution < -0.4 is 5.43 Å². The number of carbonyl (C=O) groups is 1. The van der Waals surface area contributed by atoms with Gasteiger partial charge >= 0.3 is 0 Å². The summed E-state index contributed by atoms with van der Waals surface area (Å²) in [7, 11) is 0. The second-order valence-electron chi connectivity index (χ2n) is 4.63. The highest BCUT2D eigenvalue weighted by molar-refractivity contribution is 6.30. The minimum atomic E-state index is -0.628. The third-order valence-corrected chi connectivity index (χ3v) is 3.40. The molecule has 2 aromatic rings. The Kier molecular flexibility index (Phi) is 5.43. The molecule has 0 fully saturated rings. The maximum absolute atomic E-state index is 12.1. The molecule has 2 rings (SSSR count). The number of hydrogen-bond acceptors (Lipinski definition) is 4. The average Bonchev–Trinajstić information content (AvgIpc) is 2.56. The number of hydrogen-bond donors (Lipinski definition) is 1. The van der Waals surface area contributed by atoms with Crippen LogP contribution in [0.25, 0.3) is 0 Å². The quantitative estimate of drug-likeness (QED) is 0.514. The van der Waals surface area contributed by atoms with E-state index < -0.39 is 10.8 Å². The molecule has 0 atom stereocenters. The van der Waals surface area contributed by atoms with E-state index in [0.29, 0.717) is 17.2 Å². The molecule has 0 aromatic heterocycles. The summed E-state index contributed by atoms with van der Waals surface area (Å²) in [5.74, 6) is -0.628. The number of halogens is 1. The Morgan fingerprint density at radius 1 is 1.22 bits per heavy atom. The summed E-state index contributed by atoms with van der Waals surface area (Å²) in [6.45, 7) is 1.89. The van der Waals surface area contributed by atoms with Crippen LogP contribution in [0.4, 0.5) is 5.69 Å². The van der Waals surface area contributed by atoms with Crippen LogP contribution in [-0.2, 0) is 0 Å². The molecule has 0 heterocycles. The zero-order valence-corrected chi connectivity index (χ0v) is 13.1. The number of benzene rings is 2. The number of nitrogens with zero attached hydrogens (tertiary/aromatic N) is 2. The van der Waals surface area contributed by atoms with Crippen LogP contribution in [0.5, 0.6) is 0 Å². The van der Waals surface area contributed by atoms with Gasteiger partial charge in [0.25, 0.3) is 11.6 Å². The van der Waals surface area contributed by atoms with E-state index in [9.17, 15) is 14.9 Å². The highest BCUT2D eigenvalue weighted by Gasteiger charge is 2.18. The van der Waals surface area contributed by atoms with Gasteiger partial charge in [-0.05, 0) is 30.2 Å². The zero-order chi connectivity index (χ0) is 16.8. The number of hydrazone groups is 1. The molecule has 1 N–H and O–H groups in total. The average molecular weight is 332 g/mol. The minimum absolute atomic E-state index is 0.0344. The van der Waals surface area contributed by atoms with Gasteiger partial charge in [-0.2, -0.15) is 5.10 Å². The van der Waals surface area contributed by atoms with E-state index in [0.717, 1.165) is 5.56 Å². The first kappa shape index (κ1) is 16.6. The first-order valence-corrected chi connectivity index (χ1v) is 7.27. The molecule has 2 aromatic carbocycles. The Morgan fingerprint density at radius 3 is 2.48 bits per heavy atom. The molecule has 0 aliphatic rings. The fourth-order valence-corrected chi connectivity index (χ4v) is 2.12. The predicted octanol–water partition coefficient (Wildman–Crippen LogP) is 3.79. The molecule has 0 aliphatic carbocycles. The van der Waals surface area contributed by atoms with Gasteiger partial charge in [-0.1, -0.05) is 42.8 Å². The normalized spacial score (nSPS) is 11.1. The van der Waals surface area contributed by atoms with Crippen LogP contribution in [-0.4, -0.2) is 16.5 Å². The summed E-state index contributed by atoms with van der Waals surface area (Å²) >= 11 is 5.84. The molecular formula is C16H14ClN3O3. The minimum Gasteiger partial charge on any atom is -0.267 e. The predicted molar refractivity (Wildman–Crippen MR) is 88.8 cm³/mol. The molecule has 7 heteroatoms. The van der Waals surface area contributed by atoms with E-state index in [1.165, 1.54) is 18.2 Å². The van der Waals surface area contributed by atoms with Gasteiger partial charge in [0.05, 0.1) is 10.6 Å². The van der Waals surface area contributed by atoms with Crippen molar-refractivity contribution in [3.8, 4) is 0 Å². The maximum Gasteiger partial charge on any atom is 0.282 e. The lowest BCUT2D eigenvalue weighted by Gasteiger charge is -2.06. The molecule has 6 nitrogen and oxygen atoms in total. The molecule has 0 saturated heterocycles. The summed E-state index contributed by atoms with van der Waals surface area (Å²) in [6, 6.07) is 12.8. The molecule has 0 unspecified atom stereocenters. The summed E-state index contributed by atoms with van der Waals surface area (Å²) in [6.07, 6.45) is 0.582. The second-order valence-corrected chi connectivity index (χ2v) is 5.07. The van der Waals surface area contributed by atoms with Crippen LogP contribution in [0.15, 0.2) is 53.6 Å². The van der Waals surface area contributed by atoms with Gasteiger partial charge in [0.1, 0.15) is 5.56 Å². The highest BCUT2D eigenvalue weighted by Crippen LogP contribution is 2.17. The molecule has 0 saturated carbocycles. The summed E-state index contributed by atoms with van der Waals surface area (Å²) in [5, 5.41) is 15.6. The van der Waals surface area contributed by atoms with Crippen molar-refractivity contribution in [1.29, 1.82) is 0 Å². The fraction of sp³-hybridized carbons (Fsp3) is 0.125. The van der Waals surface area contributed by atoms with Crippen LogP contribution in [0.3, 0.4) is 0 Å². The van der Waals surface area contributed by atoms with E-state index >= 15 is 0 Å². The third-order valence-electron chi connectivity index (χ3n) is 3.15. The van der Waals surface area contributed by atoms with Crippen molar-refractivity contribution in [3.05, 3.63) is 74.8 Å². The molecular weight excluding hydrogens is 318 g/mol. The first-order valence-electron chi connectivity index (χ1n) is 6.89. The molecule has 118 valence electrons. The Balaban J connectivity index is 2.22. The monoisotopic (exact) mass is 331 g/mol. The standard InChI is InChI=1S/C16H14ClN3O3/c1-2-14(11-7-9-12(17)10-8-11)18-19-16(21)13-5-3-4-6-15(13)20(22)23/h3-10H,2H2,1H3,(H,19,21). The number of carbonyl (C=O) groups excluding carboxylic acids is 1. The van der Waals surface area contributed by atoms with Crippen molar-refractivity contribution in [2.24, 2.45) is 5.10 Å². The lowest BCUT2D eigenvalue weighted by Crippen LogP contribution is -2.21. The number of rotatable bonds is 5. The van der Waals surface area contributed by atoms with Crippen molar-refractivity contribution in [2.45, 2.75) is 13.3 Å². The van der Waals surface area contributed by atoms with Gasteiger partial charge in [0, 0.05) is 11.1 Å². The molecule has 0 radical (unpaired) electrons. The van der Waals surface area contributed by atoms with Gasteiger partial charge in [-0.25, -0.2) is 5.43 Å². The number of nitro groups is 1. The van der Waals surface area contributed by atoms with E-state index in [4.69, 9.17) is 11.6 Å². The Labute approximate surface area is 137 Å². The molecule has 0 bridgehead atoms. The summed E-state index contributed by atoms with van der Waals surface area (Å²) in [5.41, 5.74) is 3.54. The van der Waals surface area contributed by atoms with Crippen molar-refractivity contribution < 1.29 is 9.72 Å². The number of para-hydroxylation sites is 1. The van der Waals surface area contributed by atoms with E-state index in [2.05, 4.69) is 10.5 Å². The van der Waals surface area contributed by atoms with Crippen molar-refractivity contribution in [2.75, 3.05) is 0 Å². The maximum atomic E-state index is 12.1. The zero-order valence-electron chi connectivity index (χ0n) is 12.3. The van der Waals surface area contributed by atoms with E-state index in [1.807, 2.05) is 6.92 Å². The van der Waals surface area contributed by atoms with Gasteiger partial charge < -0.3 is 0 Å². The highest BCUT2D eigenvalue weighted by atomic mass is 35.5. The molecule has 0 aliphatic heterocycles. The number of nitro benzene ring substituents is 1. The van der Waals surface area contributed by atoms with E-state index in [1.54, 1.807) is 30.3 Å². The van der Waals surface area contributed by atoms with Gasteiger partial charge in [-0.3, -0.25) is 14.9 Å². The smallest absolute Gasteiger partial charge is 0.267 e. The Morgan fingerprint density at radius 2 is 1.87 bits per heavy atom. The largest absolute Gasteiger partial charge is 0.282 e. The fourth-order valence-electron chi connectivity index (χ4n) is 1.99. The van der Waals surface area contributed by atoms with Crippen LogP contribution in [0, 0.1) is 10.1 Å². The lowest BCUT2D eigenvalue weighted by molar-refractivity contribution is -0.385. The Bertz CT molecular complexity index is 757. The third kappa shape index (κ3) is 4.14. The molecule has 1 amide bonds. The van der Waals surface area contributed by atoms with Crippen LogP contribution >= 0.6 is 11.6 Å². The van der Waals surface area contributed by atoms with Gasteiger partial charge in [0.15, 0.2) is 0 Å². The molecule has 0 spiro atoms. The first-order chi connectivity index (χ1) is 11.0. The van der Waals surface area contributed by atoms with Crippen LogP contribution in [0.2, 0.25) is 5.02 Å². The topological polar surface area (TPSA) is 84.6 Å². The van der Waals surface area contributed by atoms with Gasteiger partial charge in [0.2, 0.25) is 0 Å². The van der Waals surface area contributed by atoms with E-state index in [-0.39, 0.29) is 11.3 Å². The van der Waals surface area contributed by atoms with Crippen molar-refractivity contribution in [1.82, 2.24) is 5.43 Å². The molecule has 23 heavy (non-hydrogen) atoms. The summed E-state index contributed by atoms with van der Waals surface area (Å²) in [4.78, 5) is 22.5. The number of amides is 1. The van der Waals surface area contributed by atoms with Crippen LogP contribution in [0.1, 0.15) is 29.3 Å². The Hall–Kier alpha value is -2.73. The van der Waals surface area contributed by atoms with Gasteiger partial charge in [-0.15, -0.1) is 0 Å². The lowest BCUT2D eigenvalue weighted by atomic mass is 10.1. The van der Waals surface area contributed by atoms with Crippen molar-refractivity contribution >= 4 is 28.9 Å². The second kappa shape index (κ2) is 7.51. The summed E-state index contributed by atoms with van der Waals surface area (Å²) < 4.78 is 0. The SMILES string of the molecule is CCC(=NNC(=O)c1ccccc1[N+](=O)[O-])c1ccc(Cl)cc1.